The smallest absolute Gasteiger partial charge is 0.303 e. The van der Waals surface area contributed by atoms with Gasteiger partial charge < -0.3 is 4.90 Å². The number of aliphatic imine (C=N–C) groups is 1. The number of carbonyl (C=O) groups is 1. The van der Waals surface area contributed by atoms with Crippen molar-refractivity contribution in [3.63, 3.8) is 0 Å². The summed E-state index contributed by atoms with van der Waals surface area (Å²) < 4.78 is 1.15. The van der Waals surface area contributed by atoms with Crippen molar-refractivity contribution in [3.8, 4) is 0 Å². The molecule has 5 nitrogen and oxygen atoms in total. The Labute approximate surface area is 194 Å². The minimum Gasteiger partial charge on any atom is -0.303 e. The van der Waals surface area contributed by atoms with E-state index in [-0.39, 0.29) is 11.6 Å². The second-order valence-corrected chi connectivity index (χ2v) is 10.1. The molecule has 0 atom stereocenters. The molecule has 3 aliphatic rings. The topological polar surface area (TPSA) is 47.9 Å². The Bertz CT molecular complexity index is 794. The number of amidine groups is 1. The third-order valence-electron chi connectivity index (χ3n) is 6.82. The van der Waals surface area contributed by atoms with Gasteiger partial charge in [0.25, 0.3) is 0 Å². The highest BCUT2D eigenvalue weighted by Gasteiger charge is 2.53. The summed E-state index contributed by atoms with van der Waals surface area (Å²) >= 11 is 2.33. The van der Waals surface area contributed by atoms with Gasteiger partial charge in [0.05, 0.1) is 6.04 Å². The molecule has 1 saturated carbocycles. The number of likely N-dealkylation sites (tertiary alicyclic amines) is 1. The molecule has 0 radical (unpaired) electrons. The standard InChI is InChI=1S/C24H33IN4O/c1-2-3-7-15-28-16-13-24(14-17-28)22(26-20-10-5-4-6-11-20)27-23(30)29(24)21-12-8-9-19(25)18-21/h2,8-9,12,18,20H,1,3-7,10-11,13-17H2,(H,26,27,30). The van der Waals surface area contributed by atoms with E-state index in [1.807, 2.05) is 17.0 Å². The number of allylic oxidation sites excluding steroid dienone is 1. The number of carbonyl (C=O) groups excluding carboxylic acids is 1. The Morgan fingerprint density at radius 1 is 1.23 bits per heavy atom. The first-order chi connectivity index (χ1) is 14.6. The molecule has 0 bridgehead atoms. The Balaban J connectivity index is 1.62. The van der Waals surface area contributed by atoms with Crippen LogP contribution in [-0.2, 0) is 0 Å². The van der Waals surface area contributed by atoms with Crippen LogP contribution in [-0.4, -0.2) is 48.0 Å². The molecule has 1 aromatic carbocycles. The zero-order valence-electron chi connectivity index (χ0n) is 17.8. The first kappa shape index (κ1) is 21.8. The van der Waals surface area contributed by atoms with E-state index < -0.39 is 0 Å². The second kappa shape index (κ2) is 9.81. The number of benzene rings is 1. The summed E-state index contributed by atoms with van der Waals surface area (Å²) in [6.45, 7) is 6.93. The number of nitrogens with one attached hydrogen (secondary N) is 1. The maximum atomic E-state index is 13.2. The first-order valence-electron chi connectivity index (χ1n) is 11.4. The second-order valence-electron chi connectivity index (χ2n) is 8.82. The van der Waals surface area contributed by atoms with E-state index in [4.69, 9.17) is 4.99 Å². The zero-order valence-corrected chi connectivity index (χ0v) is 19.9. The van der Waals surface area contributed by atoms with Crippen molar-refractivity contribution in [2.24, 2.45) is 4.99 Å². The van der Waals surface area contributed by atoms with Crippen molar-refractivity contribution in [2.75, 3.05) is 24.5 Å². The van der Waals surface area contributed by atoms with Crippen molar-refractivity contribution in [1.29, 1.82) is 0 Å². The lowest BCUT2D eigenvalue weighted by molar-refractivity contribution is 0.189. The summed E-state index contributed by atoms with van der Waals surface area (Å²) in [6.07, 6.45) is 12.2. The van der Waals surface area contributed by atoms with Crippen LogP contribution in [0.4, 0.5) is 10.5 Å². The molecule has 4 rings (SSSR count). The summed E-state index contributed by atoms with van der Waals surface area (Å²) in [4.78, 5) is 22.9. The van der Waals surface area contributed by atoms with Crippen LogP contribution in [0, 0.1) is 3.57 Å². The molecule has 0 unspecified atom stereocenters. The minimum absolute atomic E-state index is 0.0216. The van der Waals surface area contributed by atoms with Gasteiger partial charge in [-0.1, -0.05) is 31.4 Å². The predicted molar refractivity (Wildman–Crippen MR) is 132 cm³/mol. The monoisotopic (exact) mass is 520 g/mol. The maximum Gasteiger partial charge on any atom is 0.328 e. The molecule has 2 heterocycles. The number of amides is 2. The molecule has 3 fully saturated rings. The van der Waals surface area contributed by atoms with E-state index in [0.717, 1.165) is 73.3 Å². The molecule has 1 aromatic rings. The molecule has 1 aliphatic carbocycles. The number of nitrogens with zero attached hydrogens (tertiary/aromatic N) is 3. The number of piperidine rings is 1. The first-order valence-corrected chi connectivity index (χ1v) is 12.5. The van der Waals surface area contributed by atoms with Crippen LogP contribution in [0.5, 0.6) is 0 Å². The van der Waals surface area contributed by atoms with Gasteiger partial charge >= 0.3 is 6.03 Å². The van der Waals surface area contributed by atoms with E-state index in [0.29, 0.717) is 6.04 Å². The van der Waals surface area contributed by atoms with Crippen molar-refractivity contribution >= 4 is 40.1 Å². The molecule has 2 aliphatic heterocycles. The summed E-state index contributed by atoms with van der Waals surface area (Å²) in [6, 6.07) is 8.62. The van der Waals surface area contributed by atoms with Gasteiger partial charge in [-0.25, -0.2) is 4.79 Å². The lowest BCUT2D eigenvalue weighted by Gasteiger charge is -2.44. The lowest BCUT2D eigenvalue weighted by Crippen LogP contribution is -2.57. The predicted octanol–water partition coefficient (Wildman–Crippen LogP) is 5.35. The van der Waals surface area contributed by atoms with E-state index >= 15 is 0 Å². The zero-order chi connectivity index (χ0) is 21.0. The fourth-order valence-electron chi connectivity index (χ4n) is 5.16. The summed E-state index contributed by atoms with van der Waals surface area (Å²) in [5.74, 6) is 0.920. The number of hydrogen-bond acceptors (Lipinski definition) is 3. The average molecular weight is 520 g/mol. The van der Waals surface area contributed by atoms with Crippen LogP contribution in [0.25, 0.3) is 0 Å². The van der Waals surface area contributed by atoms with Crippen molar-refractivity contribution in [3.05, 3.63) is 40.5 Å². The summed E-state index contributed by atoms with van der Waals surface area (Å²) in [5.41, 5.74) is 0.641. The number of urea groups is 1. The van der Waals surface area contributed by atoms with Gasteiger partial charge in [0, 0.05) is 22.3 Å². The van der Waals surface area contributed by atoms with Gasteiger partial charge in [-0.3, -0.25) is 15.2 Å². The summed E-state index contributed by atoms with van der Waals surface area (Å²) in [5, 5.41) is 3.20. The normalized spacial score (nSPS) is 23.8. The number of hydrogen-bond donors (Lipinski definition) is 1. The van der Waals surface area contributed by atoms with Crippen molar-refractivity contribution in [2.45, 2.75) is 69.4 Å². The van der Waals surface area contributed by atoms with Gasteiger partial charge in [-0.05, 0) is 85.9 Å². The van der Waals surface area contributed by atoms with Crippen LogP contribution in [0.15, 0.2) is 41.9 Å². The third-order valence-corrected chi connectivity index (χ3v) is 7.49. The molecule has 2 amide bonds. The highest BCUT2D eigenvalue weighted by atomic mass is 127. The fourth-order valence-corrected chi connectivity index (χ4v) is 5.69. The summed E-state index contributed by atoms with van der Waals surface area (Å²) in [7, 11) is 0. The van der Waals surface area contributed by atoms with Crippen LogP contribution >= 0.6 is 22.6 Å². The molecule has 2 saturated heterocycles. The Morgan fingerprint density at radius 3 is 2.70 bits per heavy atom. The van der Waals surface area contributed by atoms with Crippen LogP contribution in [0.3, 0.4) is 0 Å². The van der Waals surface area contributed by atoms with Gasteiger partial charge in [0.1, 0.15) is 11.4 Å². The fraction of sp³-hybridized carbons (Fsp3) is 0.583. The third kappa shape index (κ3) is 4.59. The lowest BCUT2D eigenvalue weighted by atomic mass is 9.84. The Hall–Kier alpha value is -1.41. The number of halogens is 1. The van der Waals surface area contributed by atoms with Crippen LogP contribution < -0.4 is 10.2 Å². The van der Waals surface area contributed by atoms with Gasteiger partial charge in [-0.2, -0.15) is 0 Å². The number of anilines is 1. The SMILES string of the molecule is C=CCCCN1CCC2(CC1)C(=NC1CCCCC1)NC(=O)N2c1cccc(I)c1. The van der Waals surface area contributed by atoms with Gasteiger partial charge in [-0.15, -0.1) is 6.58 Å². The van der Waals surface area contributed by atoms with Gasteiger partial charge in [0.15, 0.2) is 0 Å². The number of rotatable bonds is 6. The molecular weight excluding hydrogens is 487 g/mol. The molecule has 0 aromatic heterocycles. The van der Waals surface area contributed by atoms with Gasteiger partial charge in [0.2, 0.25) is 0 Å². The van der Waals surface area contributed by atoms with Crippen LogP contribution in [0.2, 0.25) is 0 Å². The molecular formula is C24H33IN4O. The molecule has 30 heavy (non-hydrogen) atoms. The van der Waals surface area contributed by atoms with E-state index in [1.165, 1.54) is 19.3 Å². The Kier molecular flexibility index (Phi) is 7.13. The highest BCUT2D eigenvalue weighted by molar-refractivity contribution is 14.1. The Morgan fingerprint density at radius 2 is 2.00 bits per heavy atom. The quantitative estimate of drug-likeness (QED) is 0.312. The van der Waals surface area contributed by atoms with Crippen LogP contribution in [0.1, 0.15) is 57.8 Å². The van der Waals surface area contributed by atoms with E-state index in [2.05, 4.69) is 57.6 Å². The highest BCUT2D eigenvalue weighted by Crippen LogP contribution is 2.39. The van der Waals surface area contributed by atoms with Crippen molar-refractivity contribution in [1.82, 2.24) is 10.2 Å². The van der Waals surface area contributed by atoms with E-state index in [1.54, 1.807) is 0 Å². The molecule has 162 valence electrons. The number of unbranched alkanes of at least 4 members (excludes halogenated alkanes) is 1. The molecule has 1 N–H and O–H groups in total. The molecule has 1 spiro atoms. The maximum absolute atomic E-state index is 13.2. The molecule has 6 heteroatoms. The minimum atomic E-state index is -0.339. The average Bonchev–Trinajstić information content (AvgIpc) is 3.01. The van der Waals surface area contributed by atoms with E-state index in [9.17, 15) is 4.79 Å². The largest absolute Gasteiger partial charge is 0.328 e. The van der Waals surface area contributed by atoms with Crippen molar-refractivity contribution < 1.29 is 4.79 Å².